The predicted molar refractivity (Wildman–Crippen MR) is 101 cm³/mol. The van der Waals surface area contributed by atoms with Gasteiger partial charge in [-0.25, -0.2) is 4.39 Å². The third kappa shape index (κ3) is 2.71. The number of aliphatic imine (C=N–C) groups is 1. The summed E-state index contributed by atoms with van der Waals surface area (Å²) in [6, 6.07) is 6.92. The number of halogens is 1. The van der Waals surface area contributed by atoms with Crippen LogP contribution in [0.1, 0.15) is 12.5 Å². The molecule has 4 rings (SSSR count). The Kier molecular flexibility index (Phi) is 4.46. The Morgan fingerprint density at radius 1 is 1.31 bits per heavy atom. The average Bonchev–Trinajstić information content (AvgIpc) is 3.01. The fraction of sp³-hybridized carbons (Fsp3) is 0.368. The van der Waals surface area contributed by atoms with Gasteiger partial charge >= 0.3 is 0 Å². The molecule has 2 aliphatic heterocycles. The number of hydrogen-bond donors (Lipinski definition) is 1. The zero-order chi connectivity index (χ0) is 18.3. The maximum atomic E-state index is 14.9. The second-order valence-corrected chi connectivity index (χ2v) is 7.64. The summed E-state index contributed by atoms with van der Waals surface area (Å²) in [5.41, 5.74) is 9.46. The number of hydrogen-bond acceptors (Lipinski definition) is 6. The first kappa shape index (κ1) is 17.5. The molecule has 5 nitrogen and oxygen atoms in total. The summed E-state index contributed by atoms with van der Waals surface area (Å²) >= 11 is 1.46. The summed E-state index contributed by atoms with van der Waals surface area (Å²) in [7, 11) is 1.59. The second kappa shape index (κ2) is 6.64. The minimum Gasteiger partial charge on any atom is -0.495 e. The molecule has 1 unspecified atom stereocenters. The number of thioether (sulfide) groups is 1. The summed E-state index contributed by atoms with van der Waals surface area (Å²) < 4.78 is 26.0. The third-order valence-electron chi connectivity index (χ3n) is 5.19. The van der Waals surface area contributed by atoms with E-state index in [1.54, 1.807) is 31.1 Å². The van der Waals surface area contributed by atoms with E-state index >= 15 is 0 Å². The lowest BCUT2D eigenvalue weighted by Crippen LogP contribution is -2.47. The Hall–Kier alpha value is -1.96. The number of nitrogens with two attached hydrogens (primary N) is 1. The fourth-order valence-corrected chi connectivity index (χ4v) is 4.85. The van der Waals surface area contributed by atoms with Crippen LogP contribution in [0, 0.1) is 11.7 Å². The molecule has 0 saturated carbocycles. The van der Waals surface area contributed by atoms with E-state index < -0.39 is 5.54 Å². The van der Waals surface area contributed by atoms with E-state index in [-0.39, 0.29) is 23.2 Å². The number of benzene rings is 1. The molecule has 2 aliphatic rings. The van der Waals surface area contributed by atoms with Gasteiger partial charge < -0.3 is 15.2 Å². The van der Waals surface area contributed by atoms with Crippen LogP contribution < -0.4 is 10.5 Å². The van der Waals surface area contributed by atoms with Crippen LogP contribution in [0.4, 0.5) is 4.39 Å². The SMILES string of the molecule is COc1cncc(-c2ccc(F)c([C@]34CO[C@H](C)[C@H]3C(N)SC=N4)c2)c1. The quantitative estimate of drug-likeness (QED) is 0.895. The van der Waals surface area contributed by atoms with Crippen molar-refractivity contribution in [3.63, 3.8) is 0 Å². The van der Waals surface area contributed by atoms with E-state index in [2.05, 4.69) is 9.98 Å². The van der Waals surface area contributed by atoms with E-state index in [0.29, 0.717) is 17.9 Å². The van der Waals surface area contributed by atoms with E-state index in [1.807, 2.05) is 19.1 Å². The third-order valence-corrected chi connectivity index (χ3v) is 6.03. The number of fused-ring (bicyclic) bond motifs is 1. The van der Waals surface area contributed by atoms with Gasteiger partial charge in [0.1, 0.15) is 17.1 Å². The summed E-state index contributed by atoms with van der Waals surface area (Å²) in [6.07, 6.45) is 3.28. The Morgan fingerprint density at radius 3 is 2.96 bits per heavy atom. The first-order valence-electron chi connectivity index (χ1n) is 8.41. The van der Waals surface area contributed by atoms with Crippen molar-refractivity contribution in [2.45, 2.75) is 23.9 Å². The molecule has 2 N–H and O–H groups in total. The van der Waals surface area contributed by atoms with Gasteiger partial charge in [0, 0.05) is 23.2 Å². The fourth-order valence-electron chi connectivity index (χ4n) is 3.84. The largest absolute Gasteiger partial charge is 0.495 e. The van der Waals surface area contributed by atoms with Crippen molar-refractivity contribution in [3.8, 4) is 16.9 Å². The van der Waals surface area contributed by atoms with Crippen molar-refractivity contribution in [2.24, 2.45) is 16.6 Å². The maximum Gasteiger partial charge on any atom is 0.137 e. The minimum absolute atomic E-state index is 0.0866. The number of rotatable bonds is 3. The van der Waals surface area contributed by atoms with Crippen LogP contribution in [-0.2, 0) is 10.3 Å². The number of aromatic nitrogens is 1. The van der Waals surface area contributed by atoms with Crippen molar-refractivity contribution in [3.05, 3.63) is 48.0 Å². The lowest BCUT2D eigenvalue weighted by atomic mass is 9.77. The van der Waals surface area contributed by atoms with Crippen LogP contribution in [0.15, 0.2) is 41.7 Å². The summed E-state index contributed by atoms with van der Waals surface area (Å²) in [5.74, 6) is 0.255. The highest BCUT2D eigenvalue weighted by atomic mass is 32.2. The van der Waals surface area contributed by atoms with Gasteiger partial charge in [-0.15, -0.1) is 0 Å². The topological polar surface area (TPSA) is 69.7 Å². The predicted octanol–water partition coefficient (Wildman–Crippen LogP) is 3.19. The van der Waals surface area contributed by atoms with E-state index in [9.17, 15) is 4.39 Å². The molecule has 1 saturated heterocycles. The van der Waals surface area contributed by atoms with Crippen LogP contribution in [0.5, 0.6) is 5.75 Å². The van der Waals surface area contributed by atoms with Crippen LogP contribution >= 0.6 is 11.8 Å². The second-order valence-electron chi connectivity index (χ2n) is 6.61. The Labute approximate surface area is 155 Å². The van der Waals surface area contributed by atoms with Crippen molar-refractivity contribution in [1.29, 1.82) is 0 Å². The molecule has 1 fully saturated rings. The smallest absolute Gasteiger partial charge is 0.137 e. The molecule has 136 valence electrons. The number of pyridine rings is 1. The zero-order valence-corrected chi connectivity index (χ0v) is 15.4. The van der Waals surface area contributed by atoms with Gasteiger partial charge in [0.2, 0.25) is 0 Å². The first-order chi connectivity index (χ1) is 12.5. The van der Waals surface area contributed by atoms with Crippen molar-refractivity contribution >= 4 is 17.3 Å². The summed E-state index contributed by atoms with van der Waals surface area (Å²) in [4.78, 5) is 8.86. The summed E-state index contributed by atoms with van der Waals surface area (Å²) in [5, 5.41) is -0.188. The molecule has 26 heavy (non-hydrogen) atoms. The van der Waals surface area contributed by atoms with Crippen LogP contribution in [0.25, 0.3) is 11.1 Å². The molecule has 0 bridgehead atoms. The van der Waals surface area contributed by atoms with Crippen molar-refractivity contribution in [1.82, 2.24) is 4.98 Å². The van der Waals surface area contributed by atoms with Gasteiger partial charge in [0.15, 0.2) is 0 Å². The van der Waals surface area contributed by atoms with Gasteiger partial charge in [-0.3, -0.25) is 9.98 Å². The molecule has 3 heterocycles. The van der Waals surface area contributed by atoms with Gasteiger partial charge in [-0.2, -0.15) is 0 Å². The molecule has 0 spiro atoms. The van der Waals surface area contributed by atoms with E-state index in [1.165, 1.54) is 17.8 Å². The van der Waals surface area contributed by atoms with Gasteiger partial charge in [0.25, 0.3) is 0 Å². The monoisotopic (exact) mass is 373 g/mol. The standard InChI is InChI=1S/C19H20FN3O2S/c1-11-17-18(21)26-10-23-19(17,9-25-11)15-6-12(3-4-16(15)20)13-5-14(24-2)8-22-7-13/h3-8,10-11,17-18H,9,21H2,1-2H3/t11-,17+,18?,19-/m1/s1. The molecular weight excluding hydrogens is 353 g/mol. The van der Waals surface area contributed by atoms with Crippen molar-refractivity contribution < 1.29 is 13.9 Å². The molecule has 1 aromatic carbocycles. The molecule has 0 amide bonds. The molecule has 2 aromatic rings. The van der Waals surface area contributed by atoms with Crippen LogP contribution in [-0.4, -0.2) is 35.7 Å². The van der Waals surface area contributed by atoms with Gasteiger partial charge in [-0.05, 0) is 30.7 Å². The summed E-state index contributed by atoms with van der Waals surface area (Å²) in [6.45, 7) is 2.29. The first-order valence-corrected chi connectivity index (χ1v) is 9.35. The molecule has 0 aliphatic carbocycles. The highest BCUT2D eigenvalue weighted by molar-refractivity contribution is 8.12. The molecular formula is C19H20FN3O2S. The number of methoxy groups -OCH3 is 1. The molecule has 1 aromatic heterocycles. The van der Waals surface area contributed by atoms with E-state index in [4.69, 9.17) is 15.2 Å². The van der Waals surface area contributed by atoms with Gasteiger partial charge in [-0.1, -0.05) is 17.8 Å². The minimum atomic E-state index is -0.795. The number of ether oxygens (including phenoxy) is 2. The number of nitrogens with zero attached hydrogens (tertiary/aromatic N) is 2. The van der Waals surface area contributed by atoms with Gasteiger partial charge in [0.05, 0.1) is 36.9 Å². The van der Waals surface area contributed by atoms with Crippen molar-refractivity contribution in [2.75, 3.05) is 13.7 Å². The Balaban J connectivity index is 1.84. The van der Waals surface area contributed by atoms with Crippen LogP contribution in [0.2, 0.25) is 0 Å². The maximum absolute atomic E-state index is 14.9. The van der Waals surface area contributed by atoms with E-state index in [0.717, 1.165) is 11.1 Å². The highest BCUT2D eigenvalue weighted by Gasteiger charge is 2.54. The Bertz CT molecular complexity index is 862. The zero-order valence-electron chi connectivity index (χ0n) is 14.6. The molecule has 0 radical (unpaired) electrons. The molecule has 7 heteroatoms. The lowest BCUT2D eigenvalue weighted by molar-refractivity contribution is 0.104. The highest BCUT2D eigenvalue weighted by Crippen LogP contribution is 2.49. The van der Waals surface area contributed by atoms with Crippen LogP contribution in [0.3, 0.4) is 0 Å². The lowest BCUT2D eigenvalue weighted by Gasteiger charge is -2.38. The molecule has 4 atom stereocenters. The Morgan fingerprint density at radius 2 is 2.15 bits per heavy atom. The normalized spacial score (nSPS) is 30.2. The average molecular weight is 373 g/mol.